The molecule has 1 saturated heterocycles. The van der Waals surface area contributed by atoms with Crippen molar-refractivity contribution in [1.29, 1.82) is 0 Å². The number of nitrogens with zero attached hydrogens (tertiary/aromatic N) is 5. The van der Waals surface area contributed by atoms with Gasteiger partial charge in [0.25, 0.3) is 0 Å². The number of carbonyl (C=O) groups is 1. The Balaban J connectivity index is 1.12. The van der Waals surface area contributed by atoms with Gasteiger partial charge in [0.15, 0.2) is 0 Å². The fraction of sp³-hybridized carbons (Fsp3) is 0.385. The number of H-pyrrole nitrogens is 1. The van der Waals surface area contributed by atoms with Crippen LogP contribution in [-0.2, 0) is 17.5 Å². The summed E-state index contributed by atoms with van der Waals surface area (Å²) in [5.74, 6) is 0. The molecule has 0 bridgehead atoms. The van der Waals surface area contributed by atoms with Crippen molar-refractivity contribution >= 4 is 28.7 Å². The number of halogens is 1. The molecule has 1 atom stereocenters. The van der Waals surface area contributed by atoms with Crippen LogP contribution in [0.25, 0.3) is 22.3 Å². The van der Waals surface area contributed by atoms with Crippen molar-refractivity contribution in [3.8, 4) is 11.3 Å². The highest BCUT2D eigenvalue weighted by atomic mass is 35.5. The van der Waals surface area contributed by atoms with Crippen molar-refractivity contribution in [2.24, 2.45) is 0 Å². The third kappa shape index (κ3) is 3.19. The number of hydrogen-bond donors (Lipinski definition) is 2. The average molecular weight is 488 g/mol. The molecule has 0 radical (unpaired) electrons. The zero-order chi connectivity index (χ0) is 23.6. The summed E-state index contributed by atoms with van der Waals surface area (Å²) in [5, 5.41) is 9.79. The monoisotopic (exact) mass is 487 g/mol. The van der Waals surface area contributed by atoms with Gasteiger partial charge in [-0.3, -0.25) is 9.67 Å². The van der Waals surface area contributed by atoms with Crippen molar-refractivity contribution < 1.29 is 4.79 Å². The summed E-state index contributed by atoms with van der Waals surface area (Å²) in [5.41, 5.74) is 4.42. The number of nitrogens with one attached hydrogen (secondary N) is 2. The van der Waals surface area contributed by atoms with Crippen LogP contribution in [0.15, 0.2) is 48.9 Å². The Labute approximate surface area is 207 Å². The number of likely N-dealkylation sites (tertiary alicyclic amines) is 1. The van der Waals surface area contributed by atoms with E-state index < -0.39 is 0 Å². The number of fused-ring (bicyclic) bond motifs is 3. The maximum atomic E-state index is 13.4. The van der Waals surface area contributed by atoms with Crippen LogP contribution in [0.2, 0.25) is 5.02 Å². The van der Waals surface area contributed by atoms with Gasteiger partial charge in [-0.1, -0.05) is 17.7 Å². The van der Waals surface area contributed by atoms with Gasteiger partial charge in [-0.05, 0) is 56.4 Å². The molecule has 2 amide bonds. The first-order chi connectivity index (χ1) is 17.1. The topological polar surface area (TPSA) is 91.7 Å². The molecule has 4 aromatic rings. The number of aryl methyl sites for hydroxylation is 1. The quantitative estimate of drug-likeness (QED) is 0.441. The van der Waals surface area contributed by atoms with Crippen molar-refractivity contribution in [3.63, 3.8) is 0 Å². The number of aromatic nitrogens is 5. The first-order valence-corrected chi connectivity index (χ1v) is 12.6. The lowest BCUT2D eigenvalue weighted by Gasteiger charge is -2.42. The third-order valence-electron chi connectivity index (χ3n) is 8.25. The van der Waals surface area contributed by atoms with Gasteiger partial charge in [-0.2, -0.15) is 5.10 Å². The number of rotatable bonds is 3. The molecule has 2 N–H and O–H groups in total. The van der Waals surface area contributed by atoms with Gasteiger partial charge in [-0.15, -0.1) is 0 Å². The summed E-state index contributed by atoms with van der Waals surface area (Å²) in [4.78, 5) is 27.5. The smallest absolute Gasteiger partial charge is 0.318 e. The molecule has 1 unspecified atom stereocenters. The van der Waals surface area contributed by atoms with E-state index in [1.807, 2.05) is 35.4 Å². The zero-order valence-corrected chi connectivity index (χ0v) is 20.1. The average Bonchev–Trinajstić information content (AvgIpc) is 3.63. The Morgan fingerprint density at radius 2 is 2.00 bits per heavy atom. The molecular formula is C26H26ClN7O. The standard InChI is InChI=1S/C26H26ClN7O/c27-19-15-30-23-18(19)12-17(14-29-23)20-13-22-25(8-11-34(22)32-20)7-10-33(16-25)24(35)31-26(5-3-6-26)21-4-1-2-9-28-21/h1-2,4,9,12-15H,3,5-8,10-11,16H2,(H,29,30)(H,31,35). The second kappa shape index (κ2) is 7.55. The first-order valence-electron chi connectivity index (χ1n) is 12.3. The lowest BCUT2D eigenvalue weighted by Crippen LogP contribution is -2.55. The summed E-state index contributed by atoms with van der Waals surface area (Å²) in [6.07, 6.45) is 10.3. The summed E-state index contributed by atoms with van der Waals surface area (Å²) in [7, 11) is 0. The van der Waals surface area contributed by atoms with Crippen molar-refractivity contribution in [1.82, 2.24) is 34.9 Å². The number of carbonyl (C=O) groups excluding carboxylic acids is 1. The molecule has 8 nitrogen and oxygen atoms in total. The Morgan fingerprint density at radius 1 is 1.11 bits per heavy atom. The van der Waals surface area contributed by atoms with E-state index in [-0.39, 0.29) is 17.0 Å². The van der Waals surface area contributed by atoms with Crippen LogP contribution in [0.3, 0.4) is 0 Å². The van der Waals surface area contributed by atoms with Crippen molar-refractivity contribution in [3.05, 3.63) is 65.3 Å². The minimum atomic E-state index is -0.330. The maximum Gasteiger partial charge on any atom is 0.318 e. The maximum absolute atomic E-state index is 13.4. The summed E-state index contributed by atoms with van der Waals surface area (Å²) in [6.45, 7) is 2.32. The lowest BCUT2D eigenvalue weighted by molar-refractivity contribution is 0.151. The van der Waals surface area contributed by atoms with E-state index in [0.717, 1.165) is 73.2 Å². The SMILES string of the molecule is O=C(NC1(c2ccccn2)CCC1)N1CCC2(CCn3nc(-c4cnc5[nH]cc(Cl)c5c4)cc32)C1. The number of hydrogen-bond acceptors (Lipinski definition) is 4. The number of aromatic amines is 1. The molecule has 178 valence electrons. The molecule has 0 aromatic carbocycles. The Kier molecular flexibility index (Phi) is 4.52. The van der Waals surface area contributed by atoms with Gasteiger partial charge in [0, 0.05) is 60.3 Å². The number of urea groups is 1. The normalized spacial score (nSPS) is 22.5. The molecule has 1 spiro atoms. The minimum Gasteiger partial charge on any atom is -0.345 e. The fourth-order valence-electron chi connectivity index (χ4n) is 6.08. The summed E-state index contributed by atoms with van der Waals surface area (Å²) in [6, 6.07) is 10.2. The molecule has 3 aliphatic rings. The molecular weight excluding hydrogens is 462 g/mol. The molecule has 1 saturated carbocycles. The van der Waals surface area contributed by atoms with Crippen molar-refractivity contribution in [2.75, 3.05) is 13.1 Å². The van der Waals surface area contributed by atoms with Crippen LogP contribution in [0.5, 0.6) is 0 Å². The van der Waals surface area contributed by atoms with E-state index in [1.54, 1.807) is 12.4 Å². The van der Waals surface area contributed by atoms with Crippen LogP contribution in [0, 0.1) is 0 Å². The molecule has 4 aromatic heterocycles. The van der Waals surface area contributed by atoms with E-state index in [0.29, 0.717) is 11.6 Å². The van der Waals surface area contributed by atoms with Crippen LogP contribution in [-0.4, -0.2) is 48.8 Å². The fourth-order valence-corrected chi connectivity index (χ4v) is 6.28. The Morgan fingerprint density at radius 3 is 2.80 bits per heavy atom. The van der Waals surface area contributed by atoms with E-state index >= 15 is 0 Å². The van der Waals surface area contributed by atoms with Gasteiger partial charge >= 0.3 is 6.03 Å². The highest BCUT2D eigenvalue weighted by Gasteiger charge is 2.49. The molecule has 2 aliphatic heterocycles. The Hall–Kier alpha value is -3.39. The predicted molar refractivity (Wildman–Crippen MR) is 133 cm³/mol. The van der Waals surface area contributed by atoms with E-state index in [2.05, 4.69) is 31.0 Å². The van der Waals surface area contributed by atoms with Gasteiger partial charge in [0.2, 0.25) is 0 Å². The lowest BCUT2D eigenvalue weighted by atomic mass is 9.74. The van der Waals surface area contributed by atoms with E-state index in [4.69, 9.17) is 16.7 Å². The minimum absolute atomic E-state index is 0.0159. The van der Waals surface area contributed by atoms with Gasteiger partial charge in [-0.25, -0.2) is 9.78 Å². The third-order valence-corrected chi connectivity index (χ3v) is 8.56. The zero-order valence-electron chi connectivity index (χ0n) is 19.3. The highest BCUT2D eigenvalue weighted by Crippen LogP contribution is 2.45. The van der Waals surface area contributed by atoms with Crippen LogP contribution in [0.1, 0.15) is 43.5 Å². The first kappa shape index (κ1) is 20.9. The number of amides is 2. The molecule has 35 heavy (non-hydrogen) atoms. The van der Waals surface area contributed by atoms with Crippen LogP contribution in [0.4, 0.5) is 4.79 Å². The Bertz CT molecular complexity index is 1440. The van der Waals surface area contributed by atoms with E-state index in [1.165, 1.54) is 5.69 Å². The van der Waals surface area contributed by atoms with Gasteiger partial charge < -0.3 is 15.2 Å². The second-order valence-electron chi connectivity index (χ2n) is 10.2. The molecule has 9 heteroatoms. The van der Waals surface area contributed by atoms with Gasteiger partial charge in [0.1, 0.15) is 5.65 Å². The summed E-state index contributed by atoms with van der Waals surface area (Å²) >= 11 is 6.31. The molecule has 6 heterocycles. The van der Waals surface area contributed by atoms with Crippen LogP contribution < -0.4 is 5.32 Å². The molecule has 7 rings (SSSR count). The van der Waals surface area contributed by atoms with Crippen molar-refractivity contribution in [2.45, 2.75) is 49.6 Å². The molecule has 1 aliphatic carbocycles. The predicted octanol–water partition coefficient (Wildman–Crippen LogP) is 4.61. The molecule has 2 fully saturated rings. The number of pyridine rings is 2. The van der Waals surface area contributed by atoms with Gasteiger partial charge in [0.05, 0.1) is 21.9 Å². The highest BCUT2D eigenvalue weighted by molar-refractivity contribution is 6.35. The second-order valence-corrected chi connectivity index (χ2v) is 10.6. The van der Waals surface area contributed by atoms with E-state index in [9.17, 15) is 4.79 Å². The summed E-state index contributed by atoms with van der Waals surface area (Å²) < 4.78 is 2.11. The van der Waals surface area contributed by atoms with Crippen LogP contribution >= 0.6 is 11.6 Å². The largest absolute Gasteiger partial charge is 0.345 e.